The van der Waals surface area contributed by atoms with Crippen LogP contribution in [0.1, 0.15) is 11.1 Å². The summed E-state index contributed by atoms with van der Waals surface area (Å²) in [5, 5.41) is 7.85. The van der Waals surface area contributed by atoms with Crippen molar-refractivity contribution in [2.45, 2.75) is 13.5 Å². The van der Waals surface area contributed by atoms with Gasteiger partial charge in [-0.1, -0.05) is 30.3 Å². The van der Waals surface area contributed by atoms with Gasteiger partial charge >= 0.3 is 0 Å². The minimum atomic E-state index is -0.171. The number of hydrogen-bond acceptors (Lipinski definition) is 5. The fourth-order valence-electron chi connectivity index (χ4n) is 2.92. The standard InChI is InChI=1S/C21H19N5O/c1-14-7-9-22-17(11-14)25-18-12-16-8-10-23-21(27)19(16)20(26-18)24-13-15-5-3-2-4-6-15/h2-12H,13H2,1H3,(H,23,27)(H2,22,24,25,26). The van der Waals surface area contributed by atoms with Crippen LogP contribution in [0.3, 0.4) is 0 Å². The molecule has 3 N–H and O–H groups in total. The molecule has 0 aliphatic rings. The zero-order chi connectivity index (χ0) is 18.6. The highest BCUT2D eigenvalue weighted by Crippen LogP contribution is 2.24. The maximum Gasteiger partial charge on any atom is 0.259 e. The Morgan fingerprint density at radius 3 is 2.70 bits per heavy atom. The molecule has 134 valence electrons. The average molecular weight is 357 g/mol. The molecule has 0 fully saturated rings. The van der Waals surface area contributed by atoms with Gasteiger partial charge in [-0.2, -0.15) is 0 Å². The Kier molecular flexibility index (Phi) is 4.53. The quantitative estimate of drug-likeness (QED) is 0.503. The molecule has 4 aromatic rings. The third-order valence-electron chi connectivity index (χ3n) is 4.23. The number of aromatic nitrogens is 3. The van der Waals surface area contributed by atoms with Crippen molar-refractivity contribution in [2.24, 2.45) is 0 Å². The first-order valence-electron chi connectivity index (χ1n) is 8.69. The highest BCUT2D eigenvalue weighted by Gasteiger charge is 2.10. The molecule has 6 nitrogen and oxygen atoms in total. The van der Waals surface area contributed by atoms with Gasteiger partial charge in [-0.05, 0) is 47.7 Å². The van der Waals surface area contributed by atoms with Gasteiger partial charge in [-0.15, -0.1) is 0 Å². The van der Waals surface area contributed by atoms with Gasteiger partial charge in [0.25, 0.3) is 5.56 Å². The molecule has 27 heavy (non-hydrogen) atoms. The lowest BCUT2D eigenvalue weighted by molar-refractivity contribution is 1.11. The van der Waals surface area contributed by atoms with Crippen LogP contribution in [0.25, 0.3) is 10.8 Å². The van der Waals surface area contributed by atoms with Crippen molar-refractivity contribution in [1.29, 1.82) is 0 Å². The molecule has 0 bridgehead atoms. The van der Waals surface area contributed by atoms with E-state index >= 15 is 0 Å². The SMILES string of the molecule is Cc1ccnc(Nc2cc3cc[nH]c(=O)c3c(NCc3ccccc3)n2)c1. The van der Waals surface area contributed by atoms with Gasteiger partial charge in [-0.25, -0.2) is 9.97 Å². The second kappa shape index (κ2) is 7.29. The number of aryl methyl sites for hydroxylation is 1. The number of aromatic amines is 1. The van der Waals surface area contributed by atoms with Crippen LogP contribution >= 0.6 is 0 Å². The minimum absolute atomic E-state index is 0.171. The van der Waals surface area contributed by atoms with E-state index in [2.05, 4.69) is 25.6 Å². The van der Waals surface area contributed by atoms with E-state index in [0.717, 1.165) is 16.5 Å². The van der Waals surface area contributed by atoms with Crippen molar-refractivity contribution in [3.8, 4) is 0 Å². The Hall–Kier alpha value is -3.67. The number of hydrogen-bond donors (Lipinski definition) is 3. The molecule has 0 spiro atoms. The number of nitrogens with one attached hydrogen (secondary N) is 3. The Labute approximate surface area is 156 Å². The lowest BCUT2D eigenvalue weighted by Crippen LogP contribution is -2.11. The van der Waals surface area contributed by atoms with Crippen molar-refractivity contribution in [1.82, 2.24) is 15.0 Å². The van der Waals surface area contributed by atoms with Crippen LogP contribution in [0, 0.1) is 6.92 Å². The summed E-state index contributed by atoms with van der Waals surface area (Å²) in [5.41, 5.74) is 2.04. The summed E-state index contributed by atoms with van der Waals surface area (Å²) in [6.07, 6.45) is 3.39. The van der Waals surface area contributed by atoms with Crippen LogP contribution in [0.15, 0.2) is 71.8 Å². The molecule has 6 heteroatoms. The molecule has 3 heterocycles. The maximum atomic E-state index is 12.4. The number of pyridine rings is 3. The van der Waals surface area contributed by atoms with Crippen LogP contribution in [0.5, 0.6) is 0 Å². The van der Waals surface area contributed by atoms with Crippen LogP contribution in [-0.2, 0) is 6.54 Å². The predicted octanol–water partition coefficient (Wildman–Crippen LogP) is 3.98. The molecule has 0 unspecified atom stereocenters. The molecule has 0 atom stereocenters. The van der Waals surface area contributed by atoms with Gasteiger partial charge in [-0.3, -0.25) is 4.79 Å². The largest absolute Gasteiger partial charge is 0.365 e. The molecule has 0 radical (unpaired) electrons. The summed E-state index contributed by atoms with van der Waals surface area (Å²) in [6, 6.07) is 17.6. The van der Waals surface area contributed by atoms with Crippen molar-refractivity contribution in [3.63, 3.8) is 0 Å². The third-order valence-corrected chi connectivity index (χ3v) is 4.23. The Morgan fingerprint density at radius 2 is 1.89 bits per heavy atom. The van der Waals surface area contributed by atoms with E-state index < -0.39 is 0 Å². The van der Waals surface area contributed by atoms with Gasteiger partial charge in [0, 0.05) is 18.9 Å². The lowest BCUT2D eigenvalue weighted by atomic mass is 10.2. The monoisotopic (exact) mass is 357 g/mol. The molecule has 0 amide bonds. The van der Waals surface area contributed by atoms with Crippen molar-refractivity contribution in [2.75, 3.05) is 10.6 Å². The van der Waals surface area contributed by atoms with Crippen LogP contribution < -0.4 is 16.2 Å². The van der Waals surface area contributed by atoms with Gasteiger partial charge in [0.2, 0.25) is 0 Å². The molecule has 0 saturated carbocycles. The smallest absolute Gasteiger partial charge is 0.259 e. The van der Waals surface area contributed by atoms with Gasteiger partial charge in [0.1, 0.15) is 17.5 Å². The second-order valence-electron chi connectivity index (χ2n) is 6.31. The Bertz CT molecular complexity index is 1140. The fourth-order valence-corrected chi connectivity index (χ4v) is 2.92. The molecule has 0 aliphatic heterocycles. The predicted molar refractivity (Wildman–Crippen MR) is 108 cm³/mol. The summed E-state index contributed by atoms with van der Waals surface area (Å²) in [7, 11) is 0. The summed E-state index contributed by atoms with van der Waals surface area (Å²) >= 11 is 0. The van der Waals surface area contributed by atoms with Gasteiger partial charge in [0.05, 0.1) is 5.39 Å². The Balaban J connectivity index is 1.72. The fraction of sp³-hybridized carbons (Fsp3) is 0.0952. The highest BCUT2D eigenvalue weighted by atomic mass is 16.1. The van der Waals surface area contributed by atoms with E-state index in [1.54, 1.807) is 12.4 Å². The number of rotatable bonds is 5. The second-order valence-corrected chi connectivity index (χ2v) is 6.31. The first kappa shape index (κ1) is 16.8. The average Bonchev–Trinajstić information content (AvgIpc) is 2.67. The van der Waals surface area contributed by atoms with E-state index in [1.165, 1.54) is 0 Å². The van der Waals surface area contributed by atoms with E-state index in [9.17, 15) is 4.79 Å². The van der Waals surface area contributed by atoms with Crippen LogP contribution in [0.2, 0.25) is 0 Å². The number of anilines is 3. The van der Waals surface area contributed by atoms with E-state index in [1.807, 2.05) is 61.5 Å². The lowest BCUT2D eigenvalue weighted by Gasteiger charge is -2.12. The summed E-state index contributed by atoms with van der Waals surface area (Å²) in [5.74, 6) is 1.87. The van der Waals surface area contributed by atoms with Gasteiger partial charge in [0.15, 0.2) is 0 Å². The first-order chi connectivity index (χ1) is 13.2. The summed E-state index contributed by atoms with van der Waals surface area (Å²) in [4.78, 5) is 24.0. The third kappa shape index (κ3) is 3.79. The van der Waals surface area contributed by atoms with Crippen LogP contribution in [-0.4, -0.2) is 15.0 Å². The van der Waals surface area contributed by atoms with Crippen molar-refractivity contribution < 1.29 is 0 Å². The zero-order valence-corrected chi connectivity index (χ0v) is 14.9. The molecular weight excluding hydrogens is 338 g/mol. The Morgan fingerprint density at radius 1 is 1.04 bits per heavy atom. The summed E-state index contributed by atoms with van der Waals surface area (Å²) < 4.78 is 0. The highest BCUT2D eigenvalue weighted by molar-refractivity contribution is 5.93. The normalized spacial score (nSPS) is 10.7. The molecule has 0 aliphatic carbocycles. The van der Waals surface area contributed by atoms with Crippen molar-refractivity contribution in [3.05, 3.63) is 88.5 Å². The summed E-state index contributed by atoms with van der Waals surface area (Å²) in [6.45, 7) is 2.58. The number of nitrogens with zero attached hydrogens (tertiary/aromatic N) is 2. The molecule has 3 aromatic heterocycles. The zero-order valence-electron chi connectivity index (χ0n) is 14.9. The number of H-pyrrole nitrogens is 1. The molecule has 1 aromatic carbocycles. The molecule has 4 rings (SSSR count). The van der Waals surface area contributed by atoms with E-state index in [-0.39, 0.29) is 5.56 Å². The van der Waals surface area contributed by atoms with Crippen LogP contribution in [0.4, 0.5) is 17.5 Å². The first-order valence-corrected chi connectivity index (χ1v) is 8.69. The van der Waals surface area contributed by atoms with E-state index in [0.29, 0.717) is 29.4 Å². The van der Waals surface area contributed by atoms with Crippen molar-refractivity contribution >= 4 is 28.2 Å². The maximum absolute atomic E-state index is 12.4. The minimum Gasteiger partial charge on any atom is -0.365 e. The molecule has 0 saturated heterocycles. The number of benzene rings is 1. The van der Waals surface area contributed by atoms with E-state index in [4.69, 9.17) is 0 Å². The van der Waals surface area contributed by atoms with Gasteiger partial charge < -0.3 is 15.6 Å². The molecular formula is C21H19N5O. The topological polar surface area (TPSA) is 82.7 Å². The number of fused-ring (bicyclic) bond motifs is 1.